The van der Waals surface area contributed by atoms with Crippen molar-refractivity contribution in [3.63, 3.8) is 0 Å². The highest BCUT2D eigenvalue weighted by Crippen LogP contribution is 2.23. The lowest BCUT2D eigenvalue weighted by molar-refractivity contribution is 0.103. The highest BCUT2D eigenvalue weighted by atomic mass is 32.1. The molecule has 3 heteroatoms. The molecule has 0 atom stereocenters. The number of allylic oxidation sites excluding steroid dienone is 1. The summed E-state index contributed by atoms with van der Waals surface area (Å²) in [5.74, 6) is -0.0753. The van der Waals surface area contributed by atoms with Crippen molar-refractivity contribution in [1.82, 2.24) is 0 Å². The van der Waals surface area contributed by atoms with Crippen molar-refractivity contribution in [3.8, 4) is 0 Å². The molecule has 0 bridgehead atoms. The number of thiophene rings is 1. The Morgan fingerprint density at radius 3 is 2.65 bits per heavy atom. The smallest absolute Gasteiger partial charge is 0.265 e. The molecular weight excluding hydrogens is 230 g/mol. The molecule has 1 aromatic carbocycles. The maximum Gasteiger partial charge on any atom is 0.265 e. The topological polar surface area (TPSA) is 29.1 Å². The molecule has 0 aliphatic carbocycles. The minimum absolute atomic E-state index is 0.0753. The molecule has 1 amide bonds. The Morgan fingerprint density at radius 2 is 2.00 bits per heavy atom. The van der Waals surface area contributed by atoms with Crippen molar-refractivity contribution < 1.29 is 4.79 Å². The minimum atomic E-state index is -0.0753. The van der Waals surface area contributed by atoms with Gasteiger partial charge in [-0.3, -0.25) is 4.79 Å². The summed E-state index contributed by atoms with van der Waals surface area (Å²) < 4.78 is 0. The predicted molar refractivity (Wildman–Crippen MR) is 73.4 cm³/mol. The predicted octanol–water partition coefficient (Wildman–Crippen LogP) is 4.03. The second-order valence-electron chi connectivity index (χ2n) is 3.76. The Balaban J connectivity index is 2.25. The third kappa shape index (κ3) is 2.63. The molecule has 0 spiro atoms. The summed E-state index contributed by atoms with van der Waals surface area (Å²) in [5.41, 5.74) is 2.71. The summed E-state index contributed by atoms with van der Waals surface area (Å²) in [7, 11) is 0. The lowest BCUT2D eigenvalue weighted by Crippen LogP contribution is -2.11. The Labute approximate surface area is 105 Å². The average molecular weight is 243 g/mol. The number of nitrogens with one attached hydrogen (secondary N) is 1. The summed E-state index contributed by atoms with van der Waals surface area (Å²) >= 11 is 1.43. The van der Waals surface area contributed by atoms with Gasteiger partial charge in [-0.15, -0.1) is 11.3 Å². The van der Waals surface area contributed by atoms with Gasteiger partial charge < -0.3 is 5.32 Å². The standard InChI is InChI=1S/C14H13NOS/c1-10(2)11-6-3-4-7-12(11)15-14(16)13-8-5-9-17-13/h3-9H,1H2,2H3,(H,15,16). The van der Waals surface area contributed by atoms with Gasteiger partial charge >= 0.3 is 0 Å². The first kappa shape index (κ1) is 11.6. The number of para-hydroxylation sites is 1. The van der Waals surface area contributed by atoms with Crippen LogP contribution in [-0.4, -0.2) is 5.91 Å². The van der Waals surface area contributed by atoms with Crippen LogP contribution in [-0.2, 0) is 0 Å². The van der Waals surface area contributed by atoms with Crippen molar-refractivity contribution in [1.29, 1.82) is 0 Å². The molecule has 1 N–H and O–H groups in total. The number of carbonyl (C=O) groups is 1. The average Bonchev–Trinajstić information content (AvgIpc) is 2.83. The van der Waals surface area contributed by atoms with Gasteiger partial charge in [0.1, 0.15) is 0 Å². The van der Waals surface area contributed by atoms with Crippen LogP contribution in [0.15, 0.2) is 48.4 Å². The molecule has 1 aromatic heterocycles. The van der Waals surface area contributed by atoms with Crippen LogP contribution in [0.2, 0.25) is 0 Å². The molecule has 17 heavy (non-hydrogen) atoms. The van der Waals surface area contributed by atoms with Crippen LogP contribution in [0.4, 0.5) is 5.69 Å². The van der Waals surface area contributed by atoms with Gasteiger partial charge in [0.25, 0.3) is 5.91 Å². The largest absolute Gasteiger partial charge is 0.321 e. The summed E-state index contributed by atoms with van der Waals surface area (Å²) in [5, 5.41) is 4.79. The van der Waals surface area contributed by atoms with E-state index >= 15 is 0 Å². The Morgan fingerprint density at radius 1 is 1.24 bits per heavy atom. The van der Waals surface area contributed by atoms with Crippen LogP contribution in [0.3, 0.4) is 0 Å². The second-order valence-corrected chi connectivity index (χ2v) is 4.71. The molecule has 2 aromatic rings. The molecule has 0 radical (unpaired) electrons. The van der Waals surface area contributed by atoms with E-state index in [4.69, 9.17) is 0 Å². The van der Waals surface area contributed by atoms with Crippen LogP contribution in [0, 0.1) is 0 Å². The number of benzene rings is 1. The molecule has 0 fully saturated rings. The third-order valence-corrected chi connectivity index (χ3v) is 3.25. The van der Waals surface area contributed by atoms with Crippen LogP contribution in [0.5, 0.6) is 0 Å². The van der Waals surface area contributed by atoms with Crippen molar-refractivity contribution in [3.05, 3.63) is 58.8 Å². The first-order chi connectivity index (χ1) is 8.18. The van der Waals surface area contributed by atoms with Crippen molar-refractivity contribution in [2.45, 2.75) is 6.92 Å². The van der Waals surface area contributed by atoms with Gasteiger partial charge in [-0.1, -0.05) is 30.8 Å². The summed E-state index contributed by atoms with van der Waals surface area (Å²) in [6.07, 6.45) is 0. The van der Waals surface area contributed by atoms with Crippen LogP contribution in [0.1, 0.15) is 22.2 Å². The summed E-state index contributed by atoms with van der Waals surface area (Å²) in [4.78, 5) is 12.6. The fraction of sp³-hybridized carbons (Fsp3) is 0.0714. The Bertz CT molecular complexity index is 543. The SMILES string of the molecule is C=C(C)c1ccccc1NC(=O)c1cccs1. The fourth-order valence-electron chi connectivity index (χ4n) is 1.56. The van der Waals surface area contributed by atoms with E-state index in [2.05, 4.69) is 11.9 Å². The van der Waals surface area contributed by atoms with Crippen LogP contribution in [0.25, 0.3) is 5.57 Å². The number of hydrogen-bond donors (Lipinski definition) is 1. The van der Waals surface area contributed by atoms with E-state index in [9.17, 15) is 4.79 Å². The first-order valence-electron chi connectivity index (χ1n) is 5.28. The van der Waals surface area contributed by atoms with Crippen LogP contribution < -0.4 is 5.32 Å². The lowest BCUT2D eigenvalue weighted by atomic mass is 10.1. The van der Waals surface area contributed by atoms with Gasteiger partial charge in [-0.05, 0) is 30.0 Å². The Hall–Kier alpha value is -1.87. The molecule has 2 nitrogen and oxygen atoms in total. The number of hydrogen-bond acceptors (Lipinski definition) is 2. The maximum absolute atomic E-state index is 11.9. The summed E-state index contributed by atoms with van der Waals surface area (Å²) in [6, 6.07) is 11.3. The van der Waals surface area contributed by atoms with E-state index < -0.39 is 0 Å². The van der Waals surface area contributed by atoms with Gasteiger partial charge in [-0.2, -0.15) is 0 Å². The van der Waals surface area contributed by atoms with Gasteiger partial charge in [0.15, 0.2) is 0 Å². The monoisotopic (exact) mass is 243 g/mol. The third-order valence-electron chi connectivity index (χ3n) is 2.38. The minimum Gasteiger partial charge on any atom is -0.321 e. The molecule has 2 rings (SSSR count). The van der Waals surface area contributed by atoms with Gasteiger partial charge in [0.05, 0.1) is 4.88 Å². The fourth-order valence-corrected chi connectivity index (χ4v) is 2.17. The molecule has 0 saturated heterocycles. The quantitative estimate of drug-likeness (QED) is 0.866. The van der Waals surface area contributed by atoms with Crippen molar-refractivity contribution in [2.24, 2.45) is 0 Å². The van der Waals surface area contributed by atoms with Gasteiger partial charge in [-0.25, -0.2) is 0 Å². The van der Waals surface area contributed by atoms with Gasteiger partial charge in [0, 0.05) is 11.3 Å². The maximum atomic E-state index is 11.9. The highest BCUT2D eigenvalue weighted by Gasteiger charge is 2.09. The zero-order valence-electron chi connectivity index (χ0n) is 9.57. The lowest BCUT2D eigenvalue weighted by Gasteiger charge is -2.09. The molecule has 0 aliphatic rings. The molecule has 1 heterocycles. The highest BCUT2D eigenvalue weighted by molar-refractivity contribution is 7.12. The van der Waals surface area contributed by atoms with Crippen molar-refractivity contribution >= 4 is 28.5 Å². The van der Waals surface area contributed by atoms with E-state index in [0.29, 0.717) is 4.88 Å². The molecular formula is C14H13NOS. The zero-order valence-corrected chi connectivity index (χ0v) is 10.4. The Kier molecular flexibility index (Phi) is 3.40. The number of rotatable bonds is 3. The van der Waals surface area contributed by atoms with Gasteiger partial charge in [0.2, 0.25) is 0 Å². The van der Waals surface area contributed by atoms with E-state index in [1.165, 1.54) is 11.3 Å². The number of anilines is 1. The summed E-state index contributed by atoms with van der Waals surface area (Å²) in [6.45, 7) is 5.83. The van der Waals surface area contributed by atoms with Crippen LogP contribution >= 0.6 is 11.3 Å². The second kappa shape index (κ2) is 4.97. The van der Waals surface area contributed by atoms with E-state index in [0.717, 1.165) is 16.8 Å². The van der Waals surface area contributed by atoms with E-state index in [-0.39, 0.29) is 5.91 Å². The van der Waals surface area contributed by atoms with E-state index in [1.54, 1.807) is 0 Å². The number of carbonyl (C=O) groups excluding carboxylic acids is 1. The molecule has 0 unspecified atom stereocenters. The van der Waals surface area contributed by atoms with Crippen molar-refractivity contribution in [2.75, 3.05) is 5.32 Å². The first-order valence-corrected chi connectivity index (χ1v) is 6.16. The van der Waals surface area contributed by atoms with E-state index in [1.807, 2.05) is 48.7 Å². The molecule has 0 aliphatic heterocycles. The zero-order chi connectivity index (χ0) is 12.3. The molecule has 0 saturated carbocycles. The molecule has 86 valence electrons. The number of amides is 1. The normalized spacial score (nSPS) is 9.94.